The van der Waals surface area contributed by atoms with E-state index in [9.17, 15) is 0 Å². The highest BCUT2D eigenvalue weighted by Crippen LogP contribution is 2.37. The molecule has 2 unspecified atom stereocenters. The molecule has 0 saturated carbocycles. The van der Waals surface area contributed by atoms with Crippen LogP contribution < -0.4 is 0 Å². The molecule has 1 fully saturated rings. The van der Waals surface area contributed by atoms with Gasteiger partial charge in [-0.15, -0.1) is 0 Å². The fraction of sp³-hybridized carbons (Fsp3) is 0.846. The lowest BCUT2D eigenvalue weighted by atomic mass is 10.0. The summed E-state index contributed by atoms with van der Waals surface area (Å²) in [5, 5.41) is 2.00. The highest BCUT2D eigenvalue weighted by atomic mass is 32.2. The predicted octanol–water partition coefficient (Wildman–Crippen LogP) is 4.55. The van der Waals surface area contributed by atoms with E-state index in [1.807, 2.05) is 0 Å². The van der Waals surface area contributed by atoms with Gasteiger partial charge in [-0.25, -0.2) is 0 Å². The van der Waals surface area contributed by atoms with Gasteiger partial charge in [0.2, 0.25) is 0 Å². The minimum atomic E-state index is 1.00. The Balaban J connectivity index is 1.87. The molecule has 2 heterocycles. The van der Waals surface area contributed by atoms with Crippen LogP contribution in [-0.4, -0.2) is 10.5 Å². The summed E-state index contributed by atoms with van der Waals surface area (Å²) in [6.45, 7) is 0. The molecule has 0 radical (unpaired) electrons. The van der Waals surface area contributed by atoms with Gasteiger partial charge in [0.25, 0.3) is 0 Å². The van der Waals surface area contributed by atoms with Crippen molar-refractivity contribution in [3.05, 3.63) is 12.2 Å². The van der Waals surface area contributed by atoms with Crippen molar-refractivity contribution in [1.82, 2.24) is 0 Å². The van der Waals surface area contributed by atoms with Gasteiger partial charge in [-0.05, 0) is 51.4 Å². The molecule has 1 heteroatoms. The van der Waals surface area contributed by atoms with E-state index in [-0.39, 0.29) is 0 Å². The maximum Gasteiger partial charge on any atom is 0.00499 e. The van der Waals surface area contributed by atoms with E-state index in [1.165, 1.54) is 57.8 Å². The first-order chi connectivity index (χ1) is 6.95. The molecule has 0 nitrogen and oxygen atoms in total. The molecule has 14 heavy (non-hydrogen) atoms. The van der Waals surface area contributed by atoms with Crippen molar-refractivity contribution in [2.24, 2.45) is 0 Å². The van der Waals surface area contributed by atoms with E-state index in [2.05, 4.69) is 23.9 Å². The maximum absolute atomic E-state index is 2.40. The number of rotatable bonds is 0. The number of allylic oxidation sites excluding steroid dienone is 2. The third-order valence-corrected chi connectivity index (χ3v) is 5.11. The predicted molar refractivity (Wildman–Crippen MR) is 65.9 cm³/mol. The lowest BCUT2D eigenvalue weighted by Crippen LogP contribution is -2.17. The second-order valence-corrected chi connectivity index (χ2v) is 6.25. The molecule has 2 aliphatic heterocycles. The Kier molecular flexibility index (Phi) is 4.43. The molecule has 2 rings (SSSR count). The number of thioether (sulfide) groups is 1. The van der Waals surface area contributed by atoms with E-state index in [4.69, 9.17) is 0 Å². The van der Waals surface area contributed by atoms with Crippen LogP contribution in [-0.2, 0) is 0 Å². The largest absolute Gasteiger partial charge is 0.155 e. The van der Waals surface area contributed by atoms with Crippen LogP contribution >= 0.6 is 11.8 Å². The third-order valence-electron chi connectivity index (χ3n) is 3.40. The number of hydrogen-bond acceptors (Lipinski definition) is 1. The van der Waals surface area contributed by atoms with Crippen LogP contribution in [0.5, 0.6) is 0 Å². The summed E-state index contributed by atoms with van der Waals surface area (Å²) >= 11 is 2.31. The van der Waals surface area contributed by atoms with Crippen molar-refractivity contribution in [3.8, 4) is 0 Å². The van der Waals surface area contributed by atoms with Gasteiger partial charge in [-0.2, -0.15) is 11.8 Å². The van der Waals surface area contributed by atoms with Crippen molar-refractivity contribution in [2.45, 2.75) is 68.3 Å². The fourth-order valence-corrected chi connectivity index (χ4v) is 4.32. The smallest absolute Gasteiger partial charge is 0.00499 e. The SMILES string of the molecule is C1=CCCCC2CCCC(CCC1)S2. The fourth-order valence-electron chi connectivity index (χ4n) is 2.57. The van der Waals surface area contributed by atoms with Gasteiger partial charge < -0.3 is 0 Å². The molecule has 0 aliphatic carbocycles. The Hall–Kier alpha value is 0.0900. The van der Waals surface area contributed by atoms with Crippen molar-refractivity contribution in [2.75, 3.05) is 0 Å². The van der Waals surface area contributed by atoms with Crippen LogP contribution in [0.15, 0.2) is 12.2 Å². The maximum atomic E-state index is 2.40. The average molecular weight is 210 g/mol. The molecule has 0 amide bonds. The zero-order chi connectivity index (χ0) is 9.64. The Bertz CT molecular complexity index is 168. The molecule has 2 bridgehead atoms. The number of fused-ring (bicyclic) bond motifs is 2. The van der Waals surface area contributed by atoms with Crippen molar-refractivity contribution in [1.29, 1.82) is 0 Å². The van der Waals surface area contributed by atoms with Crippen LogP contribution in [0.3, 0.4) is 0 Å². The summed E-state index contributed by atoms with van der Waals surface area (Å²) in [4.78, 5) is 0. The molecule has 0 aromatic carbocycles. The molecule has 2 atom stereocenters. The first-order valence-corrected chi connectivity index (χ1v) is 7.20. The monoisotopic (exact) mass is 210 g/mol. The highest BCUT2D eigenvalue weighted by molar-refractivity contribution is 8.00. The summed E-state index contributed by atoms with van der Waals surface area (Å²) in [7, 11) is 0. The van der Waals surface area contributed by atoms with Crippen molar-refractivity contribution in [3.63, 3.8) is 0 Å². The van der Waals surface area contributed by atoms with E-state index in [1.54, 1.807) is 0 Å². The van der Waals surface area contributed by atoms with Gasteiger partial charge in [-0.3, -0.25) is 0 Å². The molecule has 0 spiro atoms. The normalized spacial score (nSPS) is 34.9. The second kappa shape index (κ2) is 5.85. The Morgan fingerprint density at radius 1 is 0.714 bits per heavy atom. The quantitative estimate of drug-likeness (QED) is 0.528. The standard InChI is InChI=1S/C13H22S/c1-2-4-6-9-13-11-7-10-12(14-13)8-5-3-1/h1-2,12-13H,3-11H2. The Morgan fingerprint density at radius 2 is 1.21 bits per heavy atom. The summed E-state index contributed by atoms with van der Waals surface area (Å²) in [5.41, 5.74) is 0. The lowest BCUT2D eigenvalue weighted by Gasteiger charge is -2.28. The van der Waals surface area contributed by atoms with E-state index in [0.29, 0.717) is 0 Å². The van der Waals surface area contributed by atoms with Gasteiger partial charge >= 0.3 is 0 Å². The molecule has 0 aromatic rings. The van der Waals surface area contributed by atoms with Gasteiger partial charge in [0.1, 0.15) is 0 Å². The van der Waals surface area contributed by atoms with E-state index < -0.39 is 0 Å². The van der Waals surface area contributed by atoms with Crippen LogP contribution in [0.2, 0.25) is 0 Å². The van der Waals surface area contributed by atoms with Gasteiger partial charge in [0.15, 0.2) is 0 Å². The number of hydrogen-bond donors (Lipinski definition) is 0. The first kappa shape index (κ1) is 10.6. The van der Waals surface area contributed by atoms with Crippen LogP contribution in [0.4, 0.5) is 0 Å². The van der Waals surface area contributed by atoms with Crippen molar-refractivity contribution >= 4 is 11.8 Å². The summed E-state index contributed by atoms with van der Waals surface area (Å²) < 4.78 is 0. The van der Waals surface area contributed by atoms with Crippen LogP contribution in [0.25, 0.3) is 0 Å². The van der Waals surface area contributed by atoms with Crippen LogP contribution in [0.1, 0.15) is 57.8 Å². The van der Waals surface area contributed by atoms with E-state index >= 15 is 0 Å². The van der Waals surface area contributed by atoms with Gasteiger partial charge in [0, 0.05) is 10.5 Å². The van der Waals surface area contributed by atoms with Gasteiger partial charge in [-0.1, -0.05) is 18.6 Å². The minimum absolute atomic E-state index is 1.00. The summed E-state index contributed by atoms with van der Waals surface area (Å²) in [6.07, 6.45) is 17.7. The van der Waals surface area contributed by atoms with Crippen molar-refractivity contribution < 1.29 is 0 Å². The lowest BCUT2D eigenvalue weighted by molar-refractivity contribution is 0.551. The molecule has 0 N–H and O–H groups in total. The van der Waals surface area contributed by atoms with E-state index in [0.717, 1.165) is 10.5 Å². The molecule has 1 saturated heterocycles. The third kappa shape index (κ3) is 3.34. The molecule has 80 valence electrons. The van der Waals surface area contributed by atoms with Gasteiger partial charge in [0.05, 0.1) is 0 Å². The van der Waals surface area contributed by atoms with Crippen LogP contribution in [0, 0.1) is 0 Å². The zero-order valence-electron chi connectivity index (χ0n) is 9.08. The molecular formula is C13H22S. The Labute approximate surface area is 92.5 Å². The zero-order valence-corrected chi connectivity index (χ0v) is 9.90. The topological polar surface area (TPSA) is 0 Å². The molecular weight excluding hydrogens is 188 g/mol. The summed E-state index contributed by atoms with van der Waals surface area (Å²) in [5.74, 6) is 0. The molecule has 0 aromatic heterocycles. The Morgan fingerprint density at radius 3 is 1.79 bits per heavy atom. The minimum Gasteiger partial charge on any atom is -0.155 e. The average Bonchev–Trinajstić information content (AvgIpc) is 2.25. The summed E-state index contributed by atoms with van der Waals surface area (Å²) in [6, 6.07) is 0. The highest BCUT2D eigenvalue weighted by Gasteiger charge is 2.21. The second-order valence-electron chi connectivity index (χ2n) is 4.64. The first-order valence-electron chi connectivity index (χ1n) is 6.25. The molecule has 2 aliphatic rings.